The minimum absolute atomic E-state index is 0.304. The summed E-state index contributed by atoms with van der Waals surface area (Å²) in [5.41, 5.74) is 1.59. The molecule has 7 nitrogen and oxygen atoms in total. The van der Waals surface area contributed by atoms with Crippen molar-refractivity contribution in [3.8, 4) is 0 Å². The Bertz CT molecular complexity index is 747. The number of nitrogens with zero attached hydrogens (tertiary/aromatic N) is 3. The fourth-order valence-electron chi connectivity index (χ4n) is 2.07. The molecule has 1 atom stereocenters. The standard InChI is InChI=1S/C15H15ClN4O3S/c1-2-22-8-13-18-19-15(24-13)17-14(21)12-7-11(20-23-12)9-3-5-10(16)6-4-9/h3-6,12H,2,7-8H2,1H3,(H,17,19,21)/t12-/m1/s1. The maximum absolute atomic E-state index is 12.2. The topological polar surface area (TPSA) is 85.7 Å². The van der Waals surface area contributed by atoms with E-state index in [1.165, 1.54) is 11.3 Å². The van der Waals surface area contributed by atoms with Crippen molar-refractivity contribution in [1.82, 2.24) is 10.2 Å². The van der Waals surface area contributed by atoms with E-state index in [0.717, 1.165) is 5.56 Å². The quantitative estimate of drug-likeness (QED) is 0.849. The monoisotopic (exact) mass is 366 g/mol. The van der Waals surface area contributed by atoms with Crippen LogP contribution in [0.5, 0.6) is 0 Å². The highest BCUT2D eigenvalue weighted by Crippen LogP contribution is 2.21. The SMILES string of the molecule is CCOCc1nnc(NC(=O)[C@H]2CC(c3ccc(Cl)cc3)=NO2)s1. The molecule has 126 valence electrons. The molecule has 1 aromatic carbocycles. The van der Waals surface area contributed by atoms with Gasteiger partial charge in [0, 0.05) is 18.1 Å². The Labute approximate surface area is 147 Å². The predicted molar refractivity (Wildman–Crippen MR) is 91.3 cm³/mol. The number of carbonyl (C=O) groups is 1. The summed E-state index contributed by atoms with van der Waals surface area (Å²) in [5.74, 6) is -0.304. The Morgan fingerprint density at radius 1 is 1.42 bits per heavy atom. The first-order chi connectivity index (χ1) is 11.7. The van der Waals surface area contributed by atoms with Crippen molar-refractivity contribution in [2.24, 2.45) is 5.16 Å². The van der Waals surface area contributed by atoms with Crippen LogP contribution in [0.2, 0.25) is 5.02 Å². The number of anilines is 1. The average Bonchev–Trinajstić information content (AvgIpc) is 3.23. The van der Waals surface area contributed by atoms with Gasteiger partial charge in [0.15, 0.2) is 0 Å². The maximum Gasteiger partial charge on any atom is 0.270 e. The van der Waals surface area contributed by atoms with Crippen LogP contribution in [-0.2, 0) is 21.0 Å². The van der Waals surface area contributed by atoms with Gasteiger partial charge in [-0.05, 0) is 24.6 Å². The molecule has 9 heteroatoms. The van der Waals surface area contributed by atoms with Crippen molar-refractivity contribution < 1.29 is 14.4 Å². The molecule has 0 unspecified atom stereocenters. The molecule has 0 spiro atoms. The number of nitrogens with one attached hydrogen (secondary N) is 1. The van der Waals surface area contributed by atoms with Gasteiger partial charge >= 0.3 is 0 Å². The molecule has 0 saturated heterocycles. The van der Waals surface area contributed by atoms with Crippen molar-refractivity contribution in [1.29, 1.82) is 0 Å². The lowest BCUT2D eigenvalue weighted by Crippen LogP contribution is -2.28. The molecule has 1 amide bonds. The number of rotatable bonds is 6. The number of benzene rings is 1. The fraction of sp³-hybridized carbons (Fsp3) is 0.333. The fourth-order valence-corrected chi connectivity index (χ4v) is 2.87. The lowest BCUT2D eigenvalue weighted by molar-refractivity contribution is -0.125. The molecule has 0 aliphatic carbocycles. The zero-order valence-corrected chi connectivity index (χ0v) is 14.4. The molecule has 2 heterocycles. The van der Waals surface area contributed by atoms with Crippen LogP contribution < -0.4 is 5.32 Å². The van der Waals surface area contributed by atoms with Crippen LogP contribution >= 0.6 is 22.9 Å². The maximum atomic E-state index is 12.2. The molecular formula is C15H15ClN4O3S. The number of halogens is 1. The van der Waals surface area contributed by atoms with Gasteiger partial charge in [-0.3, -0.25) is 10.1 Å². The zero-order chi connectivity index (χ0) is 16.9. The Balaban J connectivity index is 1.55. The Morgan fingerprint density at radius 2 is 2.21 bits per heavy atom. The summed E-state index contributed by atoms with van der Waals surface area (Å²) < 4.78 is 5.25. The third-order valence-corrected chi connectivity index (χ3v) is 4.33. The van der Waals surface area contributed by atoms with Crippen molar-refractivity contribution in [3.05, 3.63) is 39.9 Å². The summed E-state index contributed by atoms with van der Waals surface area (Å²) in [6.45, 7) is 2.88. The van der Waals surface area contributed by atoms with Crippen LogP contribution in [0.4, 0.5) is 5.13 Å². The number of oxime groups is 1. The van der Waals surface area contributed by atoms with E-state index < -0.39 is 6.10 Å². The van der Waals surface area contributed by atoms with Crippen LogP contribution in [0, 0.1) is 0 Å². The second kappa shape index (κ2) is 7.69. The number of hydrogen-bond acceptors (Lipinski definition) is 7. The Morgan fingerprint density at radius 3 is 2.96 bits per heavy atom. The van der Waals surface area contributed by atoms with Gasteiger partial charge in [-0.1, -0.05) is 40.2 Å². The molecule has 0 fully saturated rings. The summed E-state index contributed by atoms with van der Waals surface area (Å²) in [6, 6.07) is 7.23. The summed E-state index contributed by atoms with van der Waals surface area (Å²) in [6.07, 6.45) is -0.298. The lowest BCUT2D eigenvalue weighted by Gasteiger charge is -2.06. The van der Waals surface area contributed by atoms with Crippen LogP contribution in [0.1, 0.15) is 23.9 Å². The van der Waals surface area contributed by atoms with Gasteiger partial charge in [-0.25, -0.2) is 0 Å². The van der Waals surface area contributed by atoms with E-state index in [9.17, 15) is 4.79 Å². The molecule has 1 aliphatic rings. The van der Waals surface area contributed by atoms with E-state index in [-0.39, 0.29) is 5.91 Å². The number of hydrogen-bond donors (Lipinski definition) is 1. The second-order valence-corrected chi connectivity index (χ2v) is 6.47. The average molecular weight is 367 g/mol. The number of ether oxygens (including phenoxy) is 1. The van der Waals surface area contributed by atoms with E-state index in [0.29, 0.717) is 40.5 Å². The van der Waals surface area contributed by atoms with Gasteiger partial charge in [-0.2, -0.15) is 0 Å². The smallest absolute Gasteiger partial charge is 0.270 e. The second-order valence-electron chi connectivity index (χ2n) is 4.97. The summed E-state index contributed by atoms with van der Waals surface area (Å²) in [4.78, 5) is 17.5. The van der Waals surface area contributed by atoms with Gasteiger partial charge in [0.2, 0.25) is 11.2 Å². The number of carbonyl (C=O) groups excluding carboxylic acids is 1. The zero-order valence-electron chi connectivity index (χ0n) is 12.9. The minimum atomic E-state index is -0.685. The van der Waals surface area contributed by atoms with Crippen molar-refractivity contribution >= 4 is 39.7 Å². The van der Waals surface area contributed by atoms with Crippen molar-refractivity contribution in [3.63, 3.8) is 0 Å². The molecule has 0 saturated carbocycles. The van der Waals surface area contributed by atoms with Gasteiger partial charge in [0.05, 0.1) is 5.71 Å². The molecule has 2 aromatic rings. The van der Waals surface area contributed by atoms with E-state index in [1.54, 1.807) is 12.1 Å². The summed E-state index contributed by atoms with van der Waals surface area (Å²) in [7, 11) is 0. The Hall–Kier alpha value is -2.03. The minimum Gasteiger partial charge on any atom is -0.382 e. The molecule has 1 aliphatic heterocycles. The van der Waals surface area contributed by atoms with Gasteiger partial charge in [0.1, 0.15) is 11.6 Å². The molecule has 0 radical (unpaired) electrons. The van der Waals surface area contributed by atoms with Crippen molar-refractivity contribution in [2.75, 3.05) is 11.9 Å². The van der Waals surface area contributed by atoms with E-state index in [1.807, 2.05) is 19.1 Å². The normalized spacial score (nSPS) is 16.6. The molecule has 1 aromatic heterocycles. The first-order valence-corrected chi connectivity index (χ1v) is 8.54. The first kappa shape index (κ1) is 16.8. The van der Waals surface area contributed by atoms with E-state index in [4.69, 9.17) is 21.2 Å². The van der Waals surface area contributed by atoms with Crippen LogP contribution in [0.25, 0.3) is 0 Å². The van der Waals surface area contributed by atoms with Gasteiger partial charge in [-0.15, -0.1) is 10.2 Å². The highest BCUT2D eigenvalue weighted by Gasteiger charge is 2.29. The molecule has 3 rings (SSSR count). The molecule has 1 N–H and O–H groups in total. The highest BCUT2D eigenvalue weighted by molar-refractivity contribution is 7.15. The van der Waals surface area contributed by atoms with Crippen LogP contribution in [0.3, 0.4) is 0 Å². The third kappa shape index (κ3) is 4.08. The van der Waals surface area contributed by atoms with Gasteiger partial charge < -0.3 is 9.57 Å². The molecule has 0 bridgehead atoms. The molecular weight excluding hydrogens is 352 g/mol. The van der Waals surface area contributed by atoms with Crippen LogP contribution in [-0.4, -0.2) is 34.5 Å². The summed E-state index contributed by atoms with van der Waals surface area (Å²) >= 11 is 7.14. The Kier molecular flexibility index (Phi) is 5.39. The number of aromatic nitrogens is 2. The van der Waals surface area contributed by atoms with E-state index in [2.05, 4.69) is 20.7 Å². The lowest BCUT2D eigenvalue weighted by atomic mass is 10.0. The molecule has 24 heavy (non-hydrogen) atoms. The highest BCUT2D eigenvalue weighted by atomic mass is 35.5. The number of amides is 1. The van der Waals surface area contributed by atoms with Crippen molar-refractivity contribution in [2.45, 2.75) is 26.1 Å². The van der Waals surface area contributed by atoms with Gasteiger partial charge in [0.25, 0.3) is 5.91 Å². The third-order valence-electron chi connectivity index (χ3n) is 3.27. The van der Waals surface area contributed by atoms with Crippen LogP contribution in [0.15, 0.2) is 29.4 Å². The van der Waals surface area contributed by atoms with E-state index >= 15 is 0 Å². The predicted octanol–water partition coefficient (Wildman–Crippen LogP) is 2.86. The summed E-state index contributed by atoms with van der Waals surface area (Å²) in [5, 5.41) is 16.3. The first-order valence-electron chi connectivity index (χ1n) is 7.35. The largest absolute Gasteiger partial charge is 0.382 e.